The lowest BCUT2D eigenvalue weighted by molar-refractivity contribution is 1.30. The minimum atomic E-state index is 0.371. The molecule has 0 aliphatic carbocycles. The Hall–Kier alpha value is -1.26. The Bertz CT molecular complexity index is 537. The van der Waals surface area contributed by atoms with E-state index >= 15 is 0 Å². The zero-order valence-electron chi connectivity index (χ0n) is 9.17. The second-order valence-corrected chi connectivity index (χ2v) is 4.96. The van der Waals surface area contributed by atoms with Gasteiger partial charge in [0.05, 0.1) is 5.69 Å². The molecule has 0 atom stereocenters. The summed E-state index contributed by atoms with van der Waals surface area (Å²) >= 11 is 9.33. The number of nitrogens with two attached hydrogens (primary N) is 1. The van der Waals surface area contributed by atoms with Crippen LogP contribution >= 0.6 is 27.5 Å². The van der Waals surface area contributed by atoms with Crippen molar-refractivity contribution in [1.29, 1.82) is 0 Å². The number of aromatic nitrogens is 1. The number of aryl methyl sites for hydroxylation is 1. The van der Waals surface area contributed by atoms with Crippen LogP contribution in [-0.2, 0) is 0 Å². The van der Waals surface area contributed by atoms with E-state index in [1.807, 2.05) is 25.1 Å². The number of pyridine rings is 1. The van der Waals surface area contributed by atoms with Crippen molar-refractivity contribution in [2.45, 2.75) is 6.92 Å². The molecule has 0 unspecified atom stereocenters. The Morgan fingerprint density at radius 2 is 2.06 bits per heavy atom. The lowest BCUT2D eigenvalue weighted by Gasteiger charge is -2.09. The van der Waals surface area contributed by atoms with Crippen LogP contribution in [0.5, 0.6) is 0 Å². The predicted molar refractivity (Wildman–Crippen MR) is 75.8 cm³/mol. The van der Waals surface area contributed by atoms with Crippen molar-refractivity contribution in [3.05, 3.63) is 45.5 Å². The van der Waals surface area contributed by atoms with E-state index < -0.39 is 0 Å². The highest BCUT2D eigenvalue weighted by molar-refractivity contribution is 9.10. The maximum absolute atomic E-state index is 5.84. The molecule has 17 heavy (non-hydrogen) atoms. The smallest absolute Gasteiger partial charge is 0.134 e. The Balaban J connectivity index is 2.31. The molecule has 0 aliphatic heterocycles. The zero-order valence-corrected chi connectivity index (χ0v) is 11.5. The number of benzene rings is 1. The quantitative estimate of drug-likeness (QED) is 0.820. The summed E-state index contributed by atoms with van der Waals surface area (Å²) < 4.78 is 0.970. The van der Waals surface area contributed by atoms with E-state index in [-0.39, 0.29) is 0 Å². The number of anilines is 3. The molecule has 0 amide bonds. The van der Waals surface area contributed by atoms with Crippen molar-refractivity contribution in [3.63, 3.8) is 0 Å². The molecular formula is C12H11BrClN3. The molecule has 1 aromatic carbocycles. The van der Waals surface area contributed by atoms with E-state index in [2.05, 4.69) is 26.2 Å². The first-order valence-corrected chi connectivity index (χ1v) is 6.18. The van der Waals surface area contributed by atoms with Crippen LogP contribution in [0.1, 0.15) is 5.56 Å². The van der Waals surface area contributed by atoms with Gasteiger partial charge in [0.2, 0.25) is 0 Å². The molecule has 0 aliphatic rings. The maximum Gasteiger partial charge on any atom is 0.134 e. The monoisotopic (exact) mass is 311 g/mol. The average molecular weight is 313 g/mol. The normalized spacial score (nSPS) is 10.3. The van der Waals surface area contributed by atoms with Gasteiger partial charge in [-0.1, -0.05) is 17.7 Å². The molecule has 1 aromatic heterocycles. The summed E-state index contributed by atoms with van der Waals surface area (Å²) in [5.74, 6) is 0.625. The van der Waals surface area contributed by atoms with Gasteiger partial charge in [0.15, 0.2) is 0 Å². The van der Waals surface area contributed by atoms with Crippen LogP contribution < -0.4 is 11.1 Å². The number of hydrogen-bond donors (Lipinski definition) is 2. The number of rotatable bonds is 2. The first kappa shape index (κ1) is 12.2. The van der Waals surface area contributed by atoms with Crippen LogP contribution in [0, 0.1) is 6.92 Å². The molecule has 5 heteroatoms. The first-order chi connectivity index (χ1) is 8.04. The van der Waals surface area contributed by atoms with Gasteiger partial charge in [-0.25, -0.2) is 4.98 Å². The number of nitrogens with one attached hydrogen (secondary N) is 1. The molecule has 2 rings (SSSR count). The van der Waals surface area contributed by atoms with Gasteiger partial charge in [0.25, 0.3) is 0 Å². The molecule has 0 radical (unpaired) electrons. The summed E-state index contributed by atoms with van der Waals surface area (Å²) in [4.78, 5) is 4.15. The molecule has 88 valence electrons. The van der Waals surface area contributed by atoms with E-state index in [9.17, 15) is 0 Å². The Morgan fingerprint density at radius 1 is 1.29 bits per heavy atom. The van der Waals surface area contributed by atoms with Gasteiger partial charge >= 0.3 is 0 Å². The van der Waals surface area contributed by atoms with Crippen LogP contribution in [-0.4, -0.2) is 4.98 Å². The zero-order chi connectivity index (χ0) is 12.4. The van der Waals surface area contributed by atoms with Crippen molar-refractivity contribution in [2.75, 3.05) is 11.1 Å². The minimum Gasteiger partial charge on any atom is -0.399 e. The number of nitrogen functional groups attached to an aromatic ring is 1. The third-order valence-electron chi connectivity index (χ3n) is 2.20. The number of nitrogens with zero attached hydrogens (tertiary/aromatic N) is 1. The third kappa shape index (κ3) is 3.11. The highest BCUT2D eigenvalue weighted by Gasteiger charge is 2.03. The van der Waals surface area contributed by atoms with Gasteiger partial charge in [-0.15, -0.1) is 0 Å². The highest BCUT2D eigenvalue weighted by Crippen LogP contribution is 2.27. The topological polar surface area (TPSA) is 50.9 Å². The second kappa shape index (κ2) is 4.94. The summed E-state index contributed by atoms with van der Waals surface area (Å²) in [6.45, 7) is 2.03. The Kier molecular flexibility index (Phi) is 3.54. The lowest BCUT2D eigenvalue weighted by atomic mass is 10.2. The summed E-state index contributed by atoms with van der Waals surface area (Å²) in [6.07, 6.45) is 0. The van der Waals surface area contributed by atoms with E-state index in [1.54, 1.807) is 12.1 Å². The molecule has 0 saturated carbocycles. The van der Waals surface area contributed by atoms with Gasteiger partial charge in [-0.2, -0.15) is 0 Å². The van der Waals surface area contributed by atoms with Crippen LogP contribution in [0.25, 0.3) is 0 Å². The standard InChI is InChI=1S/C12H11BrClN3/c1-7-2-3-10(9(13)4-7)16-12-6-8(15)5-11(14)17-12/h2-6H,1H3,(H3,15,16,17). The van der Waals surface area contributed by atoms with Gasteiger partial charge in [0.1, 0.15) is 11.0 Å². The van der Waals surface area contributed by atoms with Crippen molar-refractivity contribution in [2.24, 2.45) is 0 Å². The third-order valence-corrected chi connectivity index (χ3v) is 3.05. The number of halogens is 2. The largest absolute Gasteiger partial charge is 0.399 e. The molecule has 0 spiro atoms. The summed E-state index contributed by atoms with van der Waals surface area (Å²) in [6, 6.07) is 9.35. The van der Waals surface area contributed by atoms with Gasteiger partial charge in [-0.3, -0.25) is 0 Å². The van der Waals surface area contributed by atoms with E-state index in [0.717, 1.165) is 10.2 Å². The van der Waals surface area contributed by atoms with Crippen molar-refractivity contribution in [3.8, 4) is 0 Å². The van der Waals surface area contributed by atoms with E-state index in [4.69, 9.17) is 17.3 Å². The molecule has 0 saturated heterocycles. The summed E-state index contributed by atoms with van der Waals surface area (Å²) in [7, 11) is 0. The highest BCUT2D eigenvalue weighted by atomic mass is 79.9. The molecule has 1 heterocycles. The number of hydrogen-bond acceptors (Lipinski definition) is 3. The predicted octanol–water partition coefficient (Wildman–Crippen LogP) is 4.13. The average Bonchev–Trinajstić information content (AvgIpc) is 2.21. The molecule has 3 N–H and O–H groups in total. The van der Waals surface area contributed by atoms with E-state index in [0.29, 0.717) is 16.7 Å². The molecule has 0 fully saturated rings. The molecule has 0 bridgehead atoms. The summed E-state index contributed by atoms with van der Waals surface area (Å²) in [5, 5.41) is 3.53. The second-order valence-electron chi connectivity index (χ2n) is 3.72. The van der Waals surface area contributed by atoms with Gasteiger partial charge < -0.3 is 11.1 Å². The summed E-state index contributed by atoms with van der Waals surface area (Å²) in [5.41, 5.74) is 8.38. The first-order valence-electron chi connectivity index (χ1n) is 5.01. The van der Waals surface area contributed by atoms with Gasteiger partial charge in [-0.05, 0) is 46.6 Å². The van der Waals surface area contributed by atoms with Crippen LogP contribution in [0.2, 0.25) is 5.15 Å². The molecular weight excluding hydrogens is 302 g/mol. The van der Waals surface area contributed by atoms with Crippen molar-refractivity contribution >= 4 is 44.7 Å². The fourth-order valence-electron chi connectivity index (χ4n) is 1.44. The van der Waals surface area contributed by atoms with Gasteiger partial charge in [0, 0.05) is 16.2 Å². The maximum atomic E-state index is 5.84. The van der Waals surface area contributed by atoms with Crippen molar-refractivity contribution < 1.29 is 0 Å². The molecule has 3 nitrogen and oxygen atoms in total. The molecule has 2 aromatic rings. The minimum absolute atomic E-state index is 0.371. The Labute approximate surface area is 113 Å². The Morgan fingerprint density at radius 3 is 2.71 bits per heavy atom. The fourth-order valence-corrected chi connectivity index (χ4v) is 2.25. The van der Waals surface area contributed by atoms with Crippen LogP contribution in [0.3, 0.4) is 0 Å². The van der Waals surface area contributed by atoms with Crippen LogP contribution in [0.15, 0.2) is 34.8 Å². The fraction of sp³-hybridized carbons (Fsp3) is 0.0833. The SMILES string of the molecule is Cc1ccc(Nc2cc(N)cc(Cl)n2)c(Br)c1. The van der Waals surface area contributed by atoms with Crippen LogP contribution in [0.4, 0.5) is 17.2 Å². The van der Waals surface area contributed by atoms with E-state index in [1.165, 1.54) is 5.56 Å². The lowest BCUT2D eigenvalue weighted by Crippen LogP contribution is -1.97. The van der Waals surface area contributed by atoms with Crippen molar-refractivity contribution in [1.82, 2.24) is 4.98 Å².